The summed E-state index contributed by atoms with van der Waals surface area (Å²) in [7, 11) is 0. The zero-order valence-corrected chi connectivity index (χ0v) is 20.0. The van der Waals surface area contributed by atoms with Crippen LogP contribution < -0.4 is 33.2 Å². The van der Waals surface area contributed by atoms with E-state index in [1.165, 1.54) is 11.8 Å². The molecule has 0 aromatic carbocycles. The normalized spacial score (nSPS) is 14.0. The van der Waals surface area contributed by atoms with Gasteiger partial charge in [0, 0.05) is 12.8 Å². The first-order valence-electron chi connectivity index (χ1n) is 10.4. The number of nitrogens with two attached hydrogens (primary N) is 3. The molecule has 0 saturated heterocycles. The van der Waals surface area contributed by atoms with Crippen molar-refractivity contribution in [2.45, 2.75) is 62.7 Å². The summed E-state index contributed by atoms with van der Waals surface area (Å²) in [5.74, 6) is -6.67. The number of hydrogen-bond acceptors (Lipinski definition) is 9. The third kappa shape index (κ3) is 13.8. The van der Waals surface area contributed by atoms with Gasteiger partial charge in [-0.2, -0.15) is 11.8 Å². The Morgan fingerprint density at radius 3 is 1.77 bits per heavy atom. The second kappa shape index (κ2) is 16.3. The summed E-state index contributed by atoms with van der Waals surface area (Å²) in [5, 5.41) is 24.8. The lowest BCUT2D eigenvalue weighted by Gasteiger charge is -2.24. The van der Waals surface area contributed by atoms with Crippen LogP contribution in [0.25, 0.3) is 0 Å². The maximum absolute atomic E-state index is 12.8. The van der Waals surface area contributed by atoms with Crippen LogP contribution >= 0.6 is 11.8 Å². The molecule has 5 amide bonds. The molecule has 4 unspecified atom stereocenters. The van der Waals surface area contributed by atoms with E-state index >= 15 is 0 Å². The second-order valence-corrected chi connectivity index (χ2v) is 8.50. The van der Waals surface area contributed by atoms with Gasteiger partial charge in [0.15, 0.2) is 0 Å². The fraction of sp³-hybridized carbons (Fsp3) is 0.632. The molecule has 0 rings (SSSR count). The van der Waals surface area contributed by atoms with Crippen LogP contribution in [0.15, 0.2) is 0 Å². The summed E-state index contributed by atoms with van der Waals surface area (Å²) < 4.78 is 0. The fourth-order valence-corrected chi connectivity index (χ4v) is 3.16. The average Bonchev–Trinajstić information content (AvgIpc) is 2.75. The molecule has 0 aliphatic heterocycles. The van der Waals surface area contributed by atoms with Gasteiger partial charge < -0.3 is 43.4 Å². The monoisotopic (exact) mass is 520 g/mol. The molecule has 0 fully saturated rings. The first kappa shape index (κ1) is 31.6. The average molecular weight is 521 g/mol. The number of rotatable bonds is 18. The number of hydrogen-bond donors (Lipinski definition) is 8. The predicted molar refractivity (Wildman–Crippen MR) is 124 cm³/mol. The first-order chi connectivity index (χ1) is 16.3. The maximum Gasteiger partial charge on any atom is 0.326 e. The molecule has 4 atom stereocenters. The van der Waals surface area contributed by atoms with E-state index in [9.17, 15) is 38.7 Å². The third-order valence-corrected chi connectivity index (χ3v) is 5.23. The van der Waals surface area contributed by atoms with E-state index in [1.54, 1.807) is 6.26 Å². The highest BCUT2D eigenvalue weighted by Gasteiger charge is 2.31. The molecule has 0 radical (unpaired) electrons. The van der Waals surface area contributed by atoms with Gasteiger partial charge in [-0.1, -0.05) is 0 Å². The molecule has 35 heavy (non-hydrogen) atoms. The Labute approximate surface area is 205 Å². The highest BCUT2D eigenvalue weighted by molar-refractivity contribution is 7.98. The van der Waals surface area contributed by atoms with Crippen molar-refractivity contribution in [1.82, 2.24) is 16.0 Å². The largest absolute Gasteiger partial charge is 0.481 e. The van der Waals surface area contributed by atoms with Crippen LogP contribution in [0.1, 0.15) is 38.5 Å². The van der Waals surface area contributed by atoms with Crippen molar-refractivity contribution in [2.75, 3.05) is 12.0 Å². The molecule has 15 nitrogen and oxygen atoms in total. The highest BCUT2D eigenvalue weighted by Crippen LogP contribution is 2.06. The molecular weight excluding hydrogens is 488 g/mol. The van der Waals surface area contributed by atoms with Crippen LogP contribution in [-0.4, -0.2) is 87.9 Å². The highest BCUT2D eigenvalue weighted by atomic mass is 32.2. The molecular formula is C19H32N6O9S. The van der Waals surface area contributed by atoms with Crippen molar-refractivity contribution in [1.29, 1.82) is 0 Å². The van der Waals surface area contributed by atoms with Crippen LogP contribution in [0.5, 0.6) is 0 Å². The molecule has 16 heteroatoms. The molecule has 0 aliphatic carbocycles. The number of carboxylic acids is 2. The van der Waals surface area contributed by atoms with E-state index in [1.807, 2.05) is 0 Å². The predicted octanol–water partition coefficient (Wildman–Crippen LogP) is -3.39. The minimum Gasteiger partial charge on any atom is -0.481 e. The Balaban J connectivity index is 5.46. The van der Waals surface area contributed by atoms with E-state index in [0.717, 1.165) is 0 Å². The Morgan fingerprint density at radius 1 is 0.743 bits per heavy atom. The van der Waals surface area contributed by atoms with Gasteiger partial charge >= 0.3 is 11.9 Å². The van der Waals surface area contributed by atoms with Gasteiger partial charge in [0.2, 0.25) is 29.5 Å². The van der Waals surface area contributed by atoms with E-state index in [2.05, 4.69) is 16.0 Å². The lowest BCUT2D eigenvalue weighted by atomic mass is 10.1. The van der Waals surface area contributed by atoms with Crippen LogP contribution in [0.2, 0.25) is 0 Å². The lowest BCUT2D eigenvalue weighted by molar-refractivity contribution is -0.143. The summed E-state index contributed by atoms with van der Waals surface area (Å²) >= 11 is 1.34. The number of aliphatic carboxylic acids is 2. The number of carbonyl (C=O) groups excluding carboxylic acids is 5. The van der Waals surface area contributed by atoms with Gasteiger partial charge in [-0.15, -0.1) is 0 Å². The van der Waals surface area contributed by atoms with Crippen molar-refractivity contribution in [3.63, 3.8) is 0 Å². The van der Waals surface area contributed by atoms with E-state index in [4.69, 9.17) is 22.3 Å². The van der Waals surface area contributed by atoms with Crippen molar-refractivity contribution >= 4 is 53.2 Å². The molecule has 11 N–H and O–H groups in total. The molecule has 0 bridgehead atoms. The first-order valence-corrected chi connectivity index (χ1v) is 11.8. The number of amides is 5. The number of carbonyl (C=O) groups is 7. The summed E-state index contributed by atoms with van der Waals surface area (Å²) in [4.78, 5) is 82.2. The van der Waals surface area contributed by atoms with E-state index in [0.29, 0.717) is 5.75 Å². The van der Waals surface area contributed by atoms with Gasteiger partial charge in [-0.05, 0) is 31.3 Å². The molecule has 0 aromatic heterocycles. The SMILES string of the molecule is CSCCC(NC(=O)C(CC(N)=O)NC(=O)C(N)CCC(=O)O)C(=O)NC(CCC(N)=O)C(=O)O. The van der Waals surface area contributed by atoms with Crippen molar-refractivity contribution in [2.24, 2.45) is 17.2 Å². The summed E-state index contributed by atoms with van der Waals surface area (Å²) in [6.45, 7) is 0. The number of nitrogens with one attached hydrogen (secondary N) is 3. The number of carboxylic acid groups (broad SMARTS) is 2. The second-order valence-electron chi connectivity index (χ2n) is 7.52. The van der Waals surface area contributed by atoms with Crippen molar-refractivity contribution in [3.8, 4) is 0 Å². The molecule has 0 aromatic rings. The summed E-state index contributed by atoms with van der Waals surface area (Å²) in [5.41, 5.74) is 15.8. The molecule has 0 heterocycles. The smallest absolute Gasteiger partial charge is 0.326 e. The van der Waals surface area contributed by atoms with Gasteiger partial charge in [-0.3, -0.25) is 28.8 Å². The zero-order chi connectivity index (χ0) is 27.1. The molecule has 198 valence electrons. The maximum atomic E-state index is 12.8. The van der Waals surface area contributed by atoms with Crippen LogP contribution in [0.3, 0.4) is 0 Å². The van der Waals surface area contributed by atoms with E-state index in [-0.39, 0.29) is 25.7 Å². The quantitative estimate of drug-likeness (QED) is 0.0882. The summed E-state index contributed by atoms with van der Waals surface area (Å²) in [6.07, 6.45) is -0.0431. The minimum absolute atomic E-state index is 0.0657. The van der Waals surface area contributed by atoms with Crippen molar-refractivity contribution in [3.05, 3.63) is 0 Å². The van der Waals surface area contributed by atoms with Crippen LogP contribution in [0.4, 0.5) is 0 Å². The Hall–Kier alpha value is -3.40. The van der Waals surface area contributed by atoms with Gasteiger partial charge in [0.1, 0.15) is 18.1 Å². The number of primary amides is 2. The summed E-state index contributed by atoms with van der Waals surface area (Å²) in [6, 6.07) is -5.51. The molecule has 0 spiro atoms. The number of thioether (sulfide) groups is 1. The zero-order valence-electron chi connectivity index (χ0n) is 19.2. The Kier molecular flexibility index (Phi) is 14.7. The van der Waals surface area contributed by atoms with Gasteiger partial charge in [-0.25, -0.2) is 4.79 Å². The fourth-order valence-electron chi connectivity index (χ4n) is 2.69. The molecule has 0 aliphatic rings. The van der Waals surface area contributed by atoms with E-state index < -0.39 is 78.5 Å². The standard InChI is InChI=1S/C19H32N6O9S/c1-35-7-6-10(17(31)24-11(19(33)34)3-4-13(21)26)23-18(32)12(8-14(22)27)25-16(30)9(20)2-5-15(28)29/h9-12H,2-8,20H2,1H3,(H2,21,26)(H2,22,27)(H,23,32)(H,24,31)(H,25,30)(H,28,29)(H,33,34). The Morgan fingerprint density at radius 2 is 1.29 bits per heavy atom. The van der Waals surface area contributed by atoms with Crippen molar-refractivity contribution < 1.29 is 43.8 Å². The van der Waals surface area contributed by atoms with Gasteiger partial charge in [0.05, 0.1) is 12.5 Å². The third-order valence-electron chi connectivity index (χ3n) is 4.58. The van der Waals surface area contributed by atoms with Gasteiger partial charge in [0.25, 0.3) is 0 Å². The topological polar surface area (TPSA) is 274 Å². The lowest BCUT2D eigenvalue weighted by Crippen LogP contribution is -2.57. The minimum atomic E-state index is -1.52. The molecule has 0 saturated carbocycles. The van der Waals surface area contributed by atoms with Crippen LogP contribution in [0, 0.1) is 0 Å². The van der Waals surface area contributed by atoms with Crippen LogP contribution in [-0.2, 0) is 33.6 Å². The Bertz CT molecular complexity index is 810.